The van der Waals surface area contributed by atoms with Gasteiger partial charge < -0.3 is 14.4 Å². The predicted molar refractivity (Wildman–Crippen MR) is 83.9 cm³/mol. The van der Waals surface area contributed by atoms with Gasteiger partial charge in [0.15, 0.2) is 0 Å². The number of rotatable bonds is 3. The average molecular weight is 313 g/mol. The molecule has 3 aliphatic rings. The van der Waals surface area contributed by atoms with Crippen molar-refractivity contribution in [3.8, 4) is 0 Å². The molecule has 2 saturated heterocycles. The van der Waals surface area contributed by atoms with Gasteiger partial charge in [0.25, 0.3) is 0 Å². The Morgan fingerprint density at radius 1 is 1.39 bits per heavy atom. The third-order valence-corrected chi connectivity index (χ3v) is 5.23. The van der Waals surface area contributed by atoms with Gasteiger partial charge in [0, 0.05) is 5.69 Å². The average Bonchev–Trinajstić information content (AvgIpc) is 3.22. The Bertz CT molecular complexity index is 695. The Morgan fingerprint density at radius 2 is 2.13 bits per heavy atom. The highest BCUT2D eigenvalue weighted by Gasteiger charge is 2.67. The van der Waals surface area contributed by atoms with Gasteiger partial charge in [-0.25, -0.2) is 0 Å². The summed E-state index contributed by atoms with van der Waals surface area (Å²) in [6.45, 7) is 2.54. The summed E-state index contributed by atoms with van der Waals surface area (Å²) in [5, 5.41) is 0. The number of methoxy groups -OCH3 is 1. The van der Waals surface area contributed by atoms with Crippen LogP contribution in [0.5, 0.6) is 0 Å². The van der Waals surface area contributed by atoms with Gasteiger partial charge in [-0.2, -0.15) is 0 Å². The van der Waals surface area contributed by atoms with Gasteiger partial charge in [-0.05, 0) is 24.1 Å². The van der Waals surface area contributed by atoms with Crippen molar-refractivity contribution in [3.05, 3.63) is 42.0 Å². The zero-order valence-corrected chi connectivity index (χ0v) is 13.2. The molecule has 0 saturated carbocycles. The lowest BCUT2D eigenvalue weighted by molar-refractivity contribution is -0.149. The first-order valence-corrected chi connectivity index (χ1v) is 7.95. The zero-order valence-electron chi connectivity index (χ0n) is 13.2. The summed E-state index contributed by atoms with van der Waals surface area (Å²) in [6, 6.07) is 7.97. The first-order valence-electron chi connectivity index (χ1n) is 7.95. The van der Waals surface area contributed by atoms with Crippen LogP contribution in [0.3, 0.4) is 0 Å². The van der Waals surface area contributed by atoms with E-state index in [0.717, 1.165) is 12.1 Å². The first-order chi connectivity index (χ1) is 11.1. The van der Waals surface area contributed by atoms with Crippen LogP contribution in [0, 0.1) is 11.8 Å². The van der Waals surface area contributed by atoms with Gasteiger partial charge >= 0.3 is 5.97 Å². The minimum Gasteiger partial charge on any atom is -0.469 e. The molecule has 4 rings (SSSR count). The molecule has 2 bridgehead atoms. The summed E-state index contributed by atoms with van der Waals surface area (Å²) < 4.78 is 10.9. The number of amides is 1. The SMILES string of the molecule is CCc1ccc(N2C[C@]34C=C[C@@H](O3)[C@@H](C(=O)OC)[C@@H]4C2=O)cc1. The van der Waals surface area contributed by atoms with Crippen LogP contribution in [-0.4, -0.2) is 37.2 Å². The molecule has 1 aromatic rings. The van der Waals surface area contributed by atoms with Crippen molar-refractivity contribution >= 4 is 17.6 Å². The van der Waals surface area contributed by atoms with E-state index in [0.29, 0.717) is 6.54 Å². The molecule has 0 N–H and O–H groups in total. The number of nitrogens with zero attached hydrogens (tertiary/aromatic N) is 1. The normalized spacial score (nSPS) is 34.1. The maximum atomic E-state index is 13.0. The van der Waals surface area contributed by atoms with Gasteiger partial charge in [0.2, 0.25) is 5.91 Å². The number of fused-ring (bicyclic) bond motifs is 1. The van der Waals surface area contributed by atoms with Gasteiger partial charge in [-0.1, -0.05) is 31.2 Å². The number of hydrogen-bond donors (Lipinski definition) is 0. The number of aryl methyl sites for hydroxylation is 1. The summed E-state index contributed by atoms with van der Waals surface area (Å²) in [5.41, 5.74) is 1.38. The quantitative estimate of drug-likeness (QED) is 0.630. The number of hydrogen-bond acceptors (Lipinski definition) is 4. The molecule has 5 nitrogen and oxygen atoms in total. The van der Waals surface area contributed by atoms with Gasteiger partial charge in [0.05, 0.1) is 25.7 Å². The third-order valence-electron chi connectivity index (χ3n) is 5.23. The second-order valence-electron chi connectivity index (χ2n) is 6.37. The van der Waals surface area contributed by atoms with Crippen LogP contribution in [0.15, 0.2) is 36.4 Å². The van der Waals surface area contributed by atoms with Crippen LogP contribution in [0.4, 0.5) is 5.69 Å². The number of carbonyl (C=O) groups is 2. The maximum absolute atomic E-state index is 13.0. The van der Waals surface area contributed by atoms with Crippen molar-refractivity contribution in [3.63, 3.8) is 0 Å². The zero-order chi connectivity index (χ0) is 16.2. The van der Waals surface area contributed by atoms with Crippen molar-refractivity contribution in [2.45, 2.75) is 25.0 Å². The molecule has 4 atom stereocenters. The number of ether oxygens (including phenoxy) is 2. The van der Waals surface area contributed by atoms with Crippen LogP contribution >= 0.6 is 0 Å². The highest BCUT2D eigenvalue weighted by atomic mass is 16.5. The highest BCUT2D eigenvalue weighted by Crippen LogP contribution is 2.52. The molecule has 1 amide bonds. The topological polar surface area (TPSA) is 55.8 Å². The summed E-state index contributed by atoms with van der Waals surface area (Å²) >= 11 is 0. The summed E-state index contributed by atoms with van der Waals surface area (Å²) in [6.07, 6.45) is 4.44. The maximum Gasteiger partial charge on any atom is 0.312 e. The van der Waals surface area contributed by atoms with Crippen molar-refractivity contribution in [2.75, 3.05) is 18.6 Å². The molecule has 0 aromatic heterocycles. The molecule has 3 aliphatic heterocycles. The fourth-order valence-electron chi connectivity index (χ4n) is 4.03. The van der Waals surface area contributed by atoms with E-state index in [1.807, 2.05) is 36.4 Å². The van der Waals surface area contributed by atoms with Crippen LogP contribution in [0.25, 0.3) is 0 Å². The van der Waals surface area contributed by atoms with E-state index in [1.165, 1.54) is 12.7 Å². The highest BCUT2D eigenvalue weighted by molar-refractivity contribution is 6.02. The molecular weight excluding hydrogens is 294 g/mol. The molecular formula is C18H19NO4. The Balaban J connectivity index is 1.68. The van der Waals surface area contributed by atoms with E-state index in [4.69, 9.17) is 9.47 Å². The Hall–Kier alpha value is -2.14. The fourth-order valence-corrected chi connectivity index (χ4v) is 4.03. The molecule has 0 aliphatic carbocycles. The Kier molecular flexibility index (Phi) is 3.10. The second kappa shape index (κ2) is 4.93. The van der Waals surface area contributed by atoms with Crippen molar-refractivity contribution in [2.24, 2.45) is 11.8 Å². The summed E-state index contributed by atoms with van der Waals surface area (Å²) in [7, 11) is 1.35. The van der Waals surface area contributed by atoms with E-state index >= 15 is 0 Å². The second-order valence-corrected chi connectivity index (χ2v) is 6.37. The lowest BCUT2D eigenvalue weighted by Gasteiger charge is -2.22. The number of benzene rings is 1. The first kappa shape index (κ1) is 14.5. The number of anilines is 1. The number of carbonyl (C=O) groups excluding carboxylic acids is 2. The minimum atomic E-state index is -0.690. The molecule has 23 heavy (non-hydrogen) atoms. The smallest absolute Gasteiger partial charge is 0.312 e. The van der Waals surface area contributed by atoms with Crippen molar-refractivity contribution in [1.29, 1.82) is 0 Å². The molecule has 0 unspecified atom stereocenters. The summed E-state index contributed by atoms with van der Waals surface area (Å²) in [5.74, 6) is -1.47. The third kappa shape index (κ3) is 1.89. The van der Waals surface area contributed by atoms with Gasteiger partial charge in [-0.3, -0.25) is 9.59 Å². The van der Waals surface area contributed by atoms with E-state index in [1.54, 1.807) is 4.90 Å². The van der Waals surface area contributed by atoms with Crippen LogP contribution in [0.1, 0.15) is 12.5 Å². The van der Waals surface area contributed by atoms with Gasteiger partial charge in [0.1, 0.15) is 11.5 Å². The van der Waals surface area contributed by atoms with Crippen molar-refractivity contribution < 1.29 is 19.1 Å². The standard InChI is InChI=1S/C18H19NO4/c1-3-11-4-6-12(7-5-11)19-10-18-9-8-13(23-18)14(17(21)22-2)15(18)16(19)20/h4-9,13-15H,3,10H2,1-2H3/t13-,14-,15-,18+/m1/s1. The van der Waals surface area contributed by atoms with Gasteiger partial charge in [-0.15, -0.1) is 0 Å². The molecule has 5 heteroatoms. The minimum absolute atomic E-state index is 0.0588. The van der Waals surface area contributed by atoms with E-state index in [9.17, 15) is 9.59 Å². The lowest BCUT2D eigenvalue weighted by Crippen LogP contribution is -2.39. The monoisotopic (exact) mass is 313 g/mol. The predicted octanol–water partition coefficient (Wildman–Crippen LogP) is 1.71. The molecule has 0 radical (unpaired) electrons. The van der Waals surface area contributed by atoms with Crippen LogP contribution in [-0.2, 0) is 25.5 Å². The molecule has 3 heterocycles. The molecule has 120 valence electrons. The van der Waals surface area contributed by atoms with E-state index in [2.05, 4.69) is 6.92 Å². The lowest BCUT2D eigenvalue weighted by atomic mass is 9.77. The molecule has 2 fully saturated rings. The molecule has 1 spiro atoms. The van der Waals surface area contributed by atoms with E-state index < -0.39 is 17.4 Å². The Labute approximate surface area is 134 Å². The van der Waals surface area contributed by atoms with E-state index in [-0.39, 0.29) is 18.0 Å². The molecule has 1 aromatic carbocycles. The van der Waals surface area contributed by atoms with Crippen LogP contribution in [0.2, 0.25) is 0 Å². The Morgan fingerprint density at radius 3 is 2.78 bits per heavy atom. The van der Waals surface area contributed by atoms with Crippen LogP contribution < -0.4 is 4.90 Å². The largest absolute Gasteiger partial charge is 0.469 e. The van der Waals surface area contributed by atoms with Crippen molar-refractivity contribution in [1.82, 2.24) is 0 Å². The number of esters is 1. The summed E-state index contributed by atoms with van der Waals surface area (Å²) in [4.78, 5) is 26.8. The fraction of sp³-hybridized carbons (Fsp3) is 0.444.